The summed E-state index contributed by atoms with van der Waals surface area (Å²) in [5.41, 5.74) is 0.745. The van der Waals surface area contributed by atoms with Gasteiger partial charge in [0.25, 0.3) is 0 Å². The predicted octanol–water partition coefficient (Wildman–Crippen LogP) is 3.31. The summed E-state index contributed by atoms with van der Waals surface area (Å²) in [5.74, 6) is 0.0638. The average molecular weight is 229 g/mol. The maximum atomic E-state index is 11.8. The maximum Gasteiger partial charge on any atom is 0.187 e. The van der Waals surface area contributed by atoms with Gasteiger partial charge in [-0.3, -0.25) is 4.79 Å². The Morgan fingerprint density at radius 3 is 2.53 bits per heavy atom. The molecule has 0 spiro atoms. The number of ketones is 1. The summed E-state index contributed by atoms with van der Waals surface area (Å²) >= 11 is 0. The molecule has 1 fully saturated rings. The molecule has 0 amide bonds. The van der Waals surface area contributed by atoms with E-state index in [2.05, 4.69) is 5.32 Å². The summed E-state index contributed by atoms with van der Waals surface area (Å²) in [4.78, 5) is 11.8. The molecule has 1 aromatic rings. The fourth-order valence-corrected chi connectivity index (χ4v) is 2.23. The second kappa shape index (κ2) is 6.24. The molecular weight excluding hydrogens is 210 g/mol. The lowest BCUT2D eigenvalue weighted by Crippen LogP contribution is -2.26. The van der Waals surface area contributed by atoms with Crippen molar-refractivity contribution < 1.29 is 4.79 Å². The summed E-state index contributed by atoms with van der Waals surface area (Å²) in [6.45, 7) is 0. The van der Waals surface area contributed by atoms with E-state index in [0.717, 1.165) is 5.56 Å². The van der Waals surface area contributed by atoms with E-state index in [4.69, 9.17) is 0 Å². The minimum atomic E-state index is 0.0638. The number of nitrogens with one attached hydrogen (secondary N) is 1. The van der Waals surface area contributed by atoms with E-state index in [-0.39, 0.29) is 5.78 Å². The number of carbonyl (C=O) groups excluding carboxylic acids is 1. The third-order valence-electron chi connectivity index (χ3n) is 3.23. The first-order chi connectivity index (χ1) is 8.36. The minimum absolute atomic E-state index is 0.0638. The van der Waals surface area contributed by atoms with Crippen molar-refractivity contribution in [3.05, 3.63) is 48.2 Å². The normalized spacial score (nSPS) is 17.2. The van der Waals surface area contributed by atoms with Crippen LogP contribution in [0.5, 0.6) is 0 Å². The van der Waals surface area contributed by atoms with Crippen molar-refractivity contribution in [1.82, 2.24) is 5.32 Å². The highest BCUT2D eigenvalue weighted by Gasteiger charge is 2.10. The highest BCUT2D eigenvalue weighted by molar-refractivity contribution is 6.04. The number of hydrogen-bond donors (Lipinski definition) is 1. The molecule has 0 radical (unpaired) electrons. The van der Waals surface area contributed by atoms with E-state index < -0.39 is 0 Å². The number of rotatable bonds is 4. The summed E-state index contributed by atoms with van der Waals surface area (Å²) < 4.78 is 0. The minimum Gasteiger partial charge on any atom is -0.388 e. The smallest absolute Gasteiger partial charge is 0.187 e. The third kappa shape index (κ3) is 3.74. The van der Waals surface area contributed by atoms with Crippen LogP contribution >= 0.6 is 0 Å². The van der Waals surface area contributed by atoms with Gasteiger partial charge >= 0.3 is 0 Å². The molecule has 17 heavy (non-hydrogen) atoms. The molecular formula is C15H19NO. The van der Waals surface area contributed by atoms with Crippen molar-refractivity contribution in [2.24, 2.45) is 0 Å². The Bertz CT molecular complexity index is 377. The van der Waals surface area contributed by atoms with E-state index in [1.54, 1.807) is 6.08 Å². The van der Waals surface area contributed by atoms with Crippen LogP contribution in [0.2, 0.25) is 0 Å². The third-order valence-corrected chi connectivity index (χ3v) is 3.23. The fourth-order valence-electron chi connectivity index (χ4n) is 2.23. The van der Waals surface area contributed by atoms with Crippen molar-refractivity contribution in [1.29, 1.82) is 0 Å². The lowest BCUT2D eigenvalue weighted by Gasteiger charge is -2.21. The van der Waals surface area contributed by atoms with Crippen LogP contribution in [0.25, 0.3) is 0 Å². The Balaban J connectivity index is 1.82. The molecule has 0 aromatic heterocycles. The molecule has 0 aliphatic heterocycles. The second-order valence-electron chi connectivity index (χ2n) is 4.57. The standard InChI is InChI=1S/C15H19NO/c17-15(13-7-3-1-4-8-13)11-12-16-14-9-5-2-6-10-14/h1,3-4,7-8,11-12,14,16H,2,5-6,9-10H2/b12-11-. The zero-order valence-corrected chi connectivity index (χ0v) is 10.1. The molecule has 1 N–H and O–H groups in total. The van der Waals surface area contributed by atoms with Gasteiger partial charge in [0.2, 0.25) is 0 Å². The van der Waals surface area contributed by atoms with E-state index >= 15 is 0 Å². The monoisotopic (exact) mass is 229 g/mol. The lowest BCUT2D eigenvalue weighted by molar-refractivity contribution is 0.104. The highest BCUT2D eigenvalue weighted by Crippen LogP contribution is 2.17. The molecule has 0 atom stereocenters. The summed E-state index contributed by atoms with van der Waals surface area (Å²) in [7, 11) is 0. The van der Waals surface area contributed by atoms with Gasteiger partial charge in [0.1, 0.15) is 0 Å². The molecule has 2 rings (SSSR count). The van der Waals surface area contributed by atoms with Crippen molar-refractivity contribution in [3.63, 3.8) is 0 Å². The number of carbonyl (C=O) groups is 1. The second-order valence-corrected chi connectivity index (χ2v) is 4.57. The first kappa shape index (κ1) is 11.9. The molecule has 1 aliphatic rings. The van der Waals surface area contributed by atoms with Crippen molar-refractivity contribution in [2.75, 3.05) is 0 Å². The van der Waals surface area contributed by atoms with Crippen LogP contribution in [-0.4, -0.2) is 11.8 Å². The summed E-state index contributed by atoms with van der Waals surface area (Å²) in [5, 5.41) is 3.32. The van der Waals surface area contributed by atoms with Crippen LogP contribution in [0.4, 0.5) is 0 Å². The first-order valence-corrected chi connectivity index (χ1v) is 6.38. The zero-order chi connectivity index (χ0) is 11.9. The molecule has 0 bridgehead atoms. The van der Waals surface area contributed by atoms with Crippen molar-refractivity contribution >= 4 is 5.78 Å². The zero-order valence-electron chi connectivity index (χ0n) is 10.1. The number of hydrogen-bond acceptors (Lipinski definition) is 2. The van der Waals surface area contributed by atoms with Gasteiger partial charge in [-0.1, -0.05) is 49.6 Å². The molecule has 2 heteroatoms. The van der Waals surface area contributed by atoms with Gasteiger partial charge in [0.05, 0.1) is 0 Å². The Labute approximate surface area is 103 Å². The Hall–Kier alpha value is -1.57. The average Bonchev–Trinajstić information content (AvgIpc) is 2.41. The van der Waals surface area contributed by atoms with Crippen molar-refractivity contribution in [3.8, 4) is 0 Å². The summed E-state index contributed by atoms with van der Waals surface area (Å²) in [6.07, 6.45) is 9.85. The van der Waals surface area contributed by atoms with E-state index in [1.165, 1.54) is 32.1 Å². The van der Waals surface area contributed by atoms with Crippen molar-refractivity contribution in [2.45, 2.75) is 38.1 Å². The molecule has 0 saturated heterocycles. The van der Waals surface area contributed by atoms with E-state index in [1.807, 2.05) is 36.5 Å². The molecule has 0 unspecified atom stereocenters. The molecule has 90 valence electrons. The quantitative estimate of drug-likeness (QED) is 0.634. The van der Waals surface area contributed by atoms with Gasteiger partial charge in [-0.15, -0.1) is 0 Å². The summed E-state index contributed by atoms with van der Waals surface area (Å²) in [6, 6.07) is 9.93. The largest absolute Gasteiger partial charge is 0.388 e. The van der Waals surface area contributed by atoms with Crippen LogP contribution in [0, 0.1) is 0 Å². The van der Waals surface area contributed by atoms with Crippen LogP contribution in [0.1, 0.15) is 42.5 Å². The van der Waals surface area contributed by atoms with E-state index in [0.29, 0.717) is 6.04 Å². The fraction of sp³-hybridized carbons (Fsp3) is 0.400. The van der Waals surface area contributed by atoms with Gasteiger partial charge in [0.15, 0.2) is 5.78 Å². The molecule has 0 heterocycles. The van der Waals surface area contributed by atoms with Crippen LogP contribution < -0.4 is 5.32 Å². The molecule has 1 aromatic carbocycles. The van der Waals surface area contributed by atoms with Crippen LogP contribution in [-0.2, 0) is 0 Å². The Morgan fingerprint density at radius 2 is 1.82 bits per heavy atom. The molecule has 1 saturated carbocycles. The number of allylic oxidation sites excluding steroid dienone is 1. The lowest BCUT2D eigenvalue weighted by atomic mass is 9.96. The first-order valence-electron chi connectivity index (χ1n) is 6.38. The van der Waals surface area contributed by atoms with Gasteiger partial charge in [-0.05, 0) is 12.8 Å². The number of benzene rings is 1. The maximum absolute atomic E-state index is 11.8. The van der Waals surface area contributed by atoms with Gasteiger partial charge in [-0.2, -0.15) is 0 Å². The Morgan fingerprint density at radius 1 is 1.12 bits per heavy atom. The van der Waals surface area contributed by atoms with E-state index in [9.17, 15) is 4.79 Å². The SMILES string of the molecule is O=C(/C=C\NC1CCCCC1)c1ccccc1. The molecule has 1 aliphatic carbocycles. The van der Waals surface area contributed by atoms with Crippen LogP contribution in [0.3, 0.4) is 0 Å². The molecule has 2 nitrogen and oxygen atoms in total. The van der Waals surface area contributed by atoms with Gasteiger partial charge in [-0.25, -0.2) is 0 Å². The van der Waals surface area contributed by atoms with Crippen LogP contribution in [0.15, 0.2) is 42.6 Å². The highest BCUT2D eigenvalue weighted by atomic mass is 16.1. The van der Waals surface area contributed by atoms with Gasteiger partial charge in [0, 0.05) is 23.9 Å². The van der Waals surface area contributed by atoms with Gasteiger partial charge < -0.3 is 5.32 Å². The Kier molecular flexibility index (Phi) is 4.37. The topological polar surface area (TPSA) is 29.1 Å². The predicted molar refractivity (Wildman–Crippen MR) is 69.9 cm³/mol.